The van der Waals surface area contributed by atoms with Gasteiger partial charge in [-0.05, 0) is 78.4 Å². The van der Waals surface area contributed by atoms with Crippen LogP contribution in [0.1, 0.15) is 34.7 Å². The summed E-state index contributed by atoms with van der Waals surface area (Å²) in [7, 11) is 0. The van der Waals surface area contributed by atoms with Crippen LogP contribution < -0.4 is 11.5 Å². The first-order valence-corrected chi connectivity index (χ1v) is 11.1. The van der Waals surface area contributed by atoms with Gasteiger partial charge >= 0.3 is 0 Å². The van der Waals surface area contributed by atoms with Crippen molar-refractivity contribution in [1.82, 2.24) is 0 Å². The van der Waals surface area contributed by atoms with Crippen LogP contribution >= 0.6 is 0 Å². The van der Waals surface area contributed by atoms with E-state index >= 15 is 0 Å². The largest absolute Gasteiger partial charge is 0.399 e. The normalized spacial score (nSPS) is 17.8. The fraction of sp³-hybridized carbons (Fsp3) is 0.167. The summed E-state index contributed by atoms with van der Waals surface area (Å²) < 4.78 is 0. The van der Waals surface area contributed by atoms with Crippen molar-refractivity contribution in [3.05, 3.63) is 131 Å². The second-order valence-electron chi connectivity index (χ2n) is 8.97. The molecule has 0 saturated carbocycles. The van der Waals surface area contributed by atoms with Crippen molar-refractivity contribution < 1.29 is 0 Å². The van der Waals surface area contributed by atoms with Crippen molar-refractivity contribution in [3.8, 4) is 6.07 Å². The zero-order valence-corrected chi connectivity index (χ0v) is 19.3. The number of nitrogen functional groups attached to an aromatic ring is 2. The van der Waals surface area contributed by atoms with Crippen molar-refractivity contribution in [2.45, 2.75) is 26.2 Å². The summed E-state index contributed by atoms with van der Waals surface area (Å²) in [6, 6.07) is 25.1. The summed E-state index contributed by atoms with van der Waals surface area (Å²) in [5.41, 5.74) is 19.2. The number of anilines is 2. The van der Waals surface area contributed by atoms with Crippen LogP contribution in [0.25, 0.3) is 0 Å². The monoisotopic (exact) mass is 431 g/mol. The molecule has 1 atom stereocenters. The molecule has 33 heavy (non-hydrogen) atoms. The number of hydrogen-bond acceptors (Lipinski definition) is 3. The first-order chi connectivity index (χ1) is 15.8. The van der Waals surface area contributed by atoms with E-state index in [4.69, 9.17) is 11.5 Å². The fourth-order valence-electron chi connectivity index (χ4n) is 4.89. The molecule has 0 spiro atoms. The molecule has 0 heterocycles. The maximum atomic E-state index is 9.76. The van der Waals surface area contributed by atoms with Crippen molar-refractivity contribution in [3.63, 3.8) is 0 Å². The van der Waals surface area contributed by atoms with Gasteiger partial charge in [-0.15, -0.1) is 0 Å². The van der Waals surface area contributed by atoms with Gasteiger partial charge in [0, 0.05) is 11.4 Å². The third-order valence-electron chi connectivity index (χ3n) is 6.52. The Labute approximate surface area is 196 Å². The van der Waals surface area contributed by atoms with Crippen molar-refractivity contribution in [1.29, 1.82) is 5.26 Å². The molecule has 3 heteroatoms. The molecule has 1 unspecified atom stereocenters. The van der Waals surface area contributed by atoms with Crippen LogP contribution in [0.2, 0.25) is 0 Å². The maximum Gasteiger partial charge on any atom is 0.0911 e. The third kappa shape index (κ3) is 3.85. The molecular weight excluding hydrogens is 402 g/mol. The Morgan fingerprint density at radius 3 is 1.91 bits per heavy atom. The zero-order chi connectivity index (χ0) is 23.6. The molecule has 0 aliphatic heterocycles. The van der Waals surface area contributed by atoms with Crippen molar-refractivity contribution in [2.24, 2.45) is 5.41 Å². The molecule has 0 saturated heterocycles. The summed E-state index contributed by atoms with van der Waals surface area (Å²) >= 11 is 0. The third-order valence-corrected chi connectivity index (χ3v) is 6.52. The lowest BCUT2D eigenvalue weighted by Crippen LogP contribution is -2.33. The predicted molar refractivity (Wildman–Crippen MR) is 138 cm³/mol. The van der Waals surface area contributed by atoms with Crippen LogP contribution in [-0.2, 0) is 5.41 Å². The number of nitrogens with zero attached hydrogens (tertiary/aromatic N) is 1. The zero-order valence-electron chi connectivity index (χ0n) is 19.3. The van der Waals surface area contributed by atoms with Crippen LogP contribution in [0.5, 0.6) is 0 Å². The minimum Gasteiger partial charge on any atom is -0.399 e. The topological polar surface area (TPSA) is 75.8 Å². The SMILES string of the molecule is Cc1cc(N)ccc1C(C1=CC=CC(C)(C#N)C=C1)(c1ccccc1)c1ccc(N)cc1C. The fourth-order valence-corrected chi connectivity index (χ4v) is 4.89. The molecule has 1 aliphatic rings. The van der Waals surface area contributed by atoms with Gasteiger partial charge in [0.1, 0.15) is 0 Å². The van der Waals surface area contributed by atoms with Gasteiger partial charge in [0.25, 0.3) is 0 Å². The summed E-state index contributed by atoms with van der Waals surface area (Å²) in [5, 5.41) is 9.76. The molecule has 164 valence electrons. The smallest absolute Gasteiger partial charge is 0.0911 e. The number of hydrogen-bond donors (Lipinski definition) is 2. The van der Waals surface area contributed by atoms with Crippen LogP contribution in [0.15, 0.2) is 103 Å². The lowest BCUT2D eigenvalue weighted by atomic mass is 9.62. The van der Waals surface area contributed by atoms with E-state index in [1.807, 2.05) is 55.5 Å². The molecule has 3 aromatic rings. The van der Waals surface area contributed by atoms with E-state index in [0.717, 1.165) is 44.8 Å². The van der Waals surface area contributed by atoms with Crippen LogP contribution in [0.3, 0.4) is 0 Å². The molecule has 4 rings (SSSR count). The highest BCUT2D eigenvalue weighted by Gasteiger charge is 2.41. The van der Waals surface area contributed by atoms with E-state index in [1.54, 1.807) is 0 Å². The first-order valence-electron chi connectivity index (χ1n) is 11.1. The molecule has 0 radical (unpaired) electrons. The van der Waals surface area contributed by atoms with E-state index in [-0.39, 0.29) is 0 Å². The van der Waals surface area contributed by atoms with E-state index in [9.17, 15) is 5.26 Å². The van der Waals surface area contributed by atoms with Gasteiger partial charge in [-0.25, -0.2) is 0 Å². The Kier molecular flexibility index (Phi) is 5.70. The Morgan fingerprint density at radius 1 is 0.818 bits per heavy atom. The Bertz CT molecular complexity index is 1270. The average Bonchev–Trinajstić information content (AvgIpc) is 3.00. The molecule has 0 amide bonds. The summed E-state index contributed by atoms with van der Waals surface area (Å²) in [4.78, 5) is 0. The average molecular weight is 432 g/mol. The number of aryl methyl sites for hydroxylation is 2. The van der Waals surface area contributed by atoms with E-state index in [2.05, 4.69) is 68.5 Å². The molecule has 0 fully saturated rings. The maximum absolute atomic E-state index is 9.76. The Hall–Kier alpha value is -4.03. The molecule has 3 nitrogen and oxygen atoms in total. The van der Waals surface area contributed by atoms with Gasteiger partial charge in [-0.2, -0.15) is 5.26 Å². The highest BCUT2D eigenvalue weighted by molar-refractivity contribution is 5.67. The molecular formula is C30H29N3. The van der Waals surface area contributed by atoms with Gasteiger partial charge in [0.2, 0.25) is 0 Å². The van der Waals surface area contributed by atoms with Gasteiger partial charge in [0.05, 0.1) is 16.9 Å². The quantitative estimate of drug-likeness (QED) is 0.371. The number of nitriles is 1. The highest BCUT2D eigenvalue weighted by atomic mass is 14.6. The lowest BCUT2D eigenvalue weighted by molar-refractivity contribution is 0.718. The molecule has 4 N–H and O–H groups in total. The molecule has 0 aromatic heterocycles. The summed E-state index contributed by atoms with van der Waals surface area (Å²) in [6.45, 7) is 6.13. The summed E-state index contributed by atoms with van der Waals surface area (Å²) in [6.07, 6.45) is 10.1. The number of rotatable bonds is 4. The van der Waals surface area contributed by atoms with Crippen molar-refractivity contribution >= 4 is 11.4 Å². The standard InChI is InChI=1S/C30H29N3/c1-21-18-25(32)11-13-27(21)30(23-8-5-4-6-9-23,28-14-12-26(33)19-22(28)2)24-10-7-16-29(3,20-31)17-15-24/h4-19H,32-33H2,1-3H3. The summed E-state index contributed by atoms with van der Waals surface area (Å²) in [5.74, 6) is 0. The molecule has 0 bridgehead atoms. The number of benzene rings is 3. The minimum atomic E-state index is -0.674. The van der Waals surface area contributed by atoms with E-state index in [1.165, 1.54) is 0 Å². The van der Waals surface area contributed by atoms with Crippen LogP contribution in [0, 0.1) is 30.6 Å². The second-order valence-corrected chi connectivity index (χ2v) is 8.97. The Morgan fingerprint density at radius 2 is 1.39 bits per heavy atom. The van der Waals surface area contributed by atoms with Crippen LogP contribution in [0.4, 0.5) is 11.4 Å². The van der Waals surface area contributed by atoms with E-state index < -0.39 is 10.8 Å². The van der Waals surface area contributed by atoms with Gasteiger partial charge in [-0.3, -0.25) is 0 Å². The van der Waals surface area contributed by atoms with Crippen LogP contribution in [-0.4, -0.2) is 0 Å². The Balaban J connectivity index is 2.17. The minimum absolute atomic E-state index is 0.627. The predicted octanol–water partition coefficient (Wildman–Crippen LogP) is 6.38. The number of nitrogens with two attached hydrogens (primary N) is 2. The lowest BCUT2D eigenvalue weighted by Gasteiger charge is -2.39. The van der Waals surface area contributed by atoms with Gasteiger partial charge in [0.15, 0.2) is 0 Å². The van der Waals surface area contributed by atoms with E-state index in [0.29, 0.717) is 0 Å². The number of allylic oxidation sites excluding steroid dienone is 6. The van der Waals surface area contributed by atoms with Gasteiger partial charge < -0.3 is 11.5 Å². The van der Waals surface area contributed by atoms with Gasteiger partial charge in [-0.1, -0.05) is 72.8 Å². The highest BCUT2D eigenvalue weighted by Crippen LogP contribution is 2.49. The second kappa shape index (κ2) is 8.48. The van der Waals surface area contributed by atoms with Crippen molar-refractivity contribution in [2.75, 3.05) is 11.5 Å². The first kappa shape index (κ1) is 22.2. The molecule has 3 aromatic carbocycles. The molecule has 1 aliphatic carbocycles.